The summed E-state index contributed by atoms with van der Waals surface area (Å²) in [5, 5.41) is 4.05. The number of halogens is 2. The summed E-state index contributed by atoms with van der Waals surface area (Å²) in [7, 11) is 5.41. The first-order valence-corrected chi connectivity index (χ1v) is 11.3. The van der Waals surface area contributed by atoms with Gasteiger partial charge in [0.25, 0.3) is 6.43 Å². The van der Waals surface area contributed by atoms with E-state index in [0.717, 1.165) is 44.6 Å². The first-order chi connectivity index (χ1) is 17.3. The molecular formula is C25H22F2N8O. The molecule has 11 heteroatoms. The van der Waals surface area contributed by atoms with Crippen molar-refractivity contribution in [1.82, 2.24) is 38.0 Å². The smallest absolute Gasteiger partial charge is 0.328 e. The van der Waals surface area contributed by atoms with Gasteiger partial charge in [-0.2, -0.15) is 5.10 Å². The van der Waals surface area contributed by atoms with Gasteiger partial charge in [0.1, 0.15) is 12.2 Å². The van der Waals surface area contributed by atoms with Crippen LogP contribution in [0.2, 0.25) is 0 Å². The number of benzene rings is 2. The van der Waals surface area contributed by atoms with Crippen LogP contribution in [0.5, 0.6) is 0 Å². The Bertz CT molecular complexity index is 1820. The second-order valence-corrected chi connectivity index (χ2v) is 8.78. The van der Waals surface area contributed by atoms with Crippen molar-refractivity contribution in [3.8, 4) is 28.3 Å². The molecule has 4 aromatic heterocycles. The lowest BCUT2D eigenvalue weighted by molar-refractivity contribution is 0.122. The number of hydrogen-bond donors (Lipinski definition) is 0. The number of aryl methyl sites for hydroxylation is 3. The predicted octanol–water partition coefficient (Wildman–Crippen LogP) is 3.75. The zero-order valence-electron chi connectivity index (χ0n) is 19.8. The molecule has 0 aliphatic carbocycles. The molecule has 182 valence electrons. The number of nitrogens with zero attached hydrogens (tertiary/aromatic N) is 8. The Kier molecular flexibility index (Phi) is 4.88. The van der Waals surface area contributed by atoms with Gasteiger partial charge in [0, 0.05) is 38.6 Å². The zero-order valence-corrected chi connectivity index (χ0v) is 19.8. The van der Waals surface area contributed by atoms with Gasteiger partial charge >= 0.3 is 5.69 Å². The second kappa shape index (κ2) is 8.01. The highest BCUT2D eigenvalue weighted by Crippen LogP contribution is 2.32. The Hall–Kier alpha value is -4.54. The number of aromatic nitrogens is 8. The fraction of sp³-hybridized carbons (Fsp3) is 0.200. The fourth-order valence-corrected chi connectivity index (χ4v) is 4.65. The van der Waals surface area contributed by atoms with Crippen LogP contribution in [-0.4, -0.2) is 44.4 Å². The largest absolute Gasteiger partial charge is 0.331 e. The molecule has 0 aliphatic heterocycles. The van der Waals surface area contributed by atoms with Crippen molar-refractivity contribution in [3.05, 3.63) is 71.8 Å². The Morgan fingerprint density at radius 1 is 0.917 bits per heavy atom. The second-order valence-electron chi connectivity index (χ2n) is 8.78. The average Bonchev–Trinajstić information content (AvgIpc) is 3.62. The van der Waals surface area contributed by atoms with Crippen molar-refractivity contribution in [3.63, 3.8) is 0 Å². The molecule has 0 spiro atoms. The van der Waals surface area contributed by atoms with E-state index in [2.05, 4.69) is 10.1 Å². The van der Waals surface area contributed by atoms with Crippen molar-refractivity contribution >= 4 is 22.1 Å². The van der Waals surface area contributed by atoms with Crippen LogP contribution in [0.1, 0.15) is 0 Å². The lowest BCUT2D eigenvalue weighted by Gasteiger charge is -2.11. The first kappa shape index (κ1) is 22.0. The highest BCUT2D eigenvalue weighted by molar-refractivity contribution is 5.88. The normalized spacial score (nSPS) is 11.9. The molecule has 0 unspecified atom stereocenters. The number of alkyl halides is 2. The molecule has 2 aromatic carbocycles. The summed E-state index contributed by atoms with van der Waals surface area (Å²) in [6.07, 6.45) is 4.18. The van der Waals surface area contributed by atoms with Gasteiger partial charge in [0.05, 0.1) is 40.8 Å². The molecular weight excluding hydrogens is 466 g/mol. The third-order valence-electron chi connectivity index (χ3n) is 6.51. The van der Waals surface area contributed by atoms with Gasteiger partial charge in [-0.25, -0.2) is 23.5 Å². The van der Waals surface area contributed by atoms with Crippen LogP contribution in [-0.2, 0) is 27.7 Å². The minimum Gasteiger partial charge on any atom is -0.331 e. The van der Waals surface area contributed by atoms with Crippen LogP contribution in [0, 0.1) is 0 Å². The summed E-state index contributed by atoms with van der Waals surface area (Å²) < 4.78 is 33.9. The maximum atomic E-state index is 12.8. The maximum absolute atomic E-state index is 12.8. The van der Waals surface area contributed by atoms with Gasteiger partial charge in [-0.15, -0.1) is 0 Å². The van der Waals surface area contributed by atoms with Crippen LogP contribution in [0.4, 0.5) is 8.78 Å². The summed E-state index contributed by atoms with van der Waals surface area (Å²) in [6, 6.07) is 11.7. The Balaban J connectivity index is 1.56. The number of rotatable bonds is 5. The molecule has 0 bridgehead atoms. The van der Waals surface area contributed by atoms with Gasteiger partial charge in [-0.05, 0) is 35.9 Å². The molecule has 0 amide bonds. The van der Waals surface area contributed by atoms with E-state index in [9.17, 15) is 13.6 Å². The minimum atomic E-state index is -2.47. The summed E-state index contributed by atoms with van der Waals surface area (Å²) >= 11 is 0. The van der Waals surface area contributed by atoms with Crippen LogP contribution < -0.4 is 5.69 Å². The molecule has 36 heavy (non-hydrogen) atoms. The van der Waals surface area contributed by atoms with E-state index in [1.165, 1.54) is 4.68 Å². The predicted molar refractivity (Wildman–Crippen MR) is 132 cm³/mol. The van der Waals surface area contributed by atoms with Gasteiger partial charge in [0.2, 0.25) is 0 Å². The number of imidazole rings is 3. The molecule has 4 heterocycles. The van der Waals surface area contributed by atoms with Crippen LogP contribution in [0.3, 0.4) is 0 Å². The van der Waals surface area contributed by atoms with Gasteiger partial charge in [-0.1, -0.05) is 6.07 Å². The van der Waals surface area contributed by atoms with E-state index in [1.54, 1.807) is 48.1 Å². The Morgan fingerprint density at radius 2 is 1.69 bits per heavy atom. The lowest BCUT2D eigenvalue weighted by Crippen LogP contribution is -2.19. The highest BCUT2D eigenvalue weighted by atomic mass is 19.3. The van der Waals surface area contributed by atoms with Crippen molar-refractivity contribution < 1.29 is 8.78 Å². The van der Waals surface area contributed by atoms with Crippen LogP contribution in [0.25, 0.3) is 50.4 Å². The van der Waals surface area contributed by atoms with Crippen molar-refractivity contribution in [1.29, 1.82) is 0 Å². The van der Waals surface area contributed by atoms with Crippen LogP contribution in [0.15, 0.2) is 66.1 Å². The van der Waals surface area contributed by atoms with Gasteiger partial charge in [-0.3, -0.25) is 18.4 Å². The molecule has 0 radical (unpaired) electrons. The summed E-state index contributed by atoms with van der Waals surface area (Å²) in [5.74, 6) is 0.691. The molecule has 0 saturated heterocycles. The summed E-state index contributed by atoms with van der Waals surface area (Å²) in [6.45, 7) is -0.452. The molecule has 6 rings (SSSR count). The maximum Gasteiger partial charge on any atom is 0.328 e. The molecule has 0 N–H and O–H groups in total. The molecule has 0 atom stereocenters. The van der Waals surface area contributed by atoms with Gasteiger partial charge in [0.15, 0.2) is 5.82 Å². The van der Waals surface area contributed by atoms with Crippen molar-refractivity contribution in [2.75, 3.05) is 0 Å². The Morgan fingerprint density at radius 3 is 2.44 bits per heavy atom. The SMILES string of the molecule is Cn1cncc1-c1nc2cc(-c3cnn(CC(F)F)c3)ccc2n1-c1ccc2c(c1)n(C)c(=O)n2C. The monoisotopic (exact) mass is 488 g/mol. The minimum absolute atomic E-state index is 0.0958. The van der Waals surface area contributed by atoms with E-state index >= 15 is 0 Å². The highest BCUT2D eigenvalue weighted by Gasteiger charge is 2.19. The standard InChI is InChI=1S/C25H22F2N8O/c1-31-14-28-11-22(31)24-30-18-8-15(16-10-29-34(12-16)13-23(26)27)4-6-19(18)35(24)17-5-7-20-21(9-17)33(3)25(36)32(20)2/h4-12,14,23H,13H2,1-3H3. The van der Waals surface area contributed by atoms with Gasteiger partial charge < -0.3 is 4.57 Å². The van der Waals surface area contributed by atoms with Crippen molar-refractivity contribution in [2.24, 2.45) is 21.1 Å². The van der Waals surface area contributed by atoms with E-state index in [4.69, 9.17) is 4.98 Å². The van der Waals surface area contributed by atoms with E-state index < -0.39 is 13.0 Å². The van der Waals surface area contributed by atoms with Crippen molar-refractivity contribution in [2.45, 2.75) is 13.0 Å². The van der Waals surface area contributed by atoms with E-state index in [0.29, 0.717) is 5.82 Å². The lowest BCUT2D eigenvalue weighted by atomic mass is 10.1. The fourth-order valence-electron chi connectivity index (χ4n) is 4.65. The average molecular weight is 489 g/mol. The molecule has 6 aromatic rings. The quantitative estimate of drug-likeness (QED) is 0.370. The Labute approximate surface area is 203 Å². The number of fused-ring (bicyclic) bond motifs is 2. The summed E-state index contributed by atoms with van der Waals surface area (Å²) in [4.78, 5) is 21.7. The number of hydrogen-bond acceptors (Lipinski definition) is 4. The third-order valence-corrected chi connectivity index (χ3v) is 6.51. The first-order valence-electron chi connectivity index (χ1n) is 11.3. The molecule has 0 fully saturated rings. The van der Waals surface area contributed by atoms with E-state index in [-0.39, 0.29) is 5.69 Å². The topological polar surface area (TPSA) is 80.4 Å². The van der Waals surface area contributed by atoms with E-state index in [1.807, 2.05) is 52.6 Å². The molecule has 0 saturated carbocycles. The van der Waals surface area contributed by atoms with Crippen LogP contribution >= 0.6 is 0 Å². The third kappa shape index (κ3) is 3.35. The molecule has 9 nitrogen and oxygen atoms in total. The summed E-state index contributed by atoms with van der Waals surface area (Å²) in [5.41, 5.74) is 6.35. The zero-order chi connectivity index (χ0) is 25.1. The molecule has 0 aliphatic rings.